The summed E-state index contributed by atoms with van der Waals surface area (Å²) in [4.78, 5) is 4.56. The zero-order valence-corrected chi connectivity index (χ0v) is 10.8. The minimum Gasteiger partial charge on any atom is -0.488 e. The van der Waals surface area contributed by atoms with Crippen LogP contribution in [0.2, 0.25) is 0 Å². The van der Waals surface area contributed by atoms with Crippen LogP contribution in [-0.4, -0.2) is 12.3 Å². The van der Waals surface area contributed by atoms with Gasteiger partial charge in [0, 0.05) is 6.21 Å². The maximum atomic E-state index is 5.98. The fourth-order valence-electron chi connectivity index (χ4n) is 1.85. The van der Waals surface area contributed by atoms with Gasteiger partial charge in [-0.15, -0.1) is 0 Å². The molecule has 0 saturated heterocycles. The van der Waals surface area contributed by atoms with E-state index < -0.39 is 0 Å². The lowest BCUT2D eigenvalue weighted by molar-refractivity contribution is 0.121. The molecule has 0 aliphatic heterocycles. The maximum Gasteiger partial charge on any atom is 0.145 e. The van der Waals surface area contributed by atoms with Gasteiger partial charge in [-0.2, -0.15) is 0 Å². The van der Waals surface area contributed by atoms with Crippen LogP contribution in [0.1, 0.15) is 44.6 Å². The van der Waals surface area contributed by atoms with Crippen LogP contribution in [0, 0.1) is 6.92 Å². The molecule has 1 fully saturated rings. The van der Waals surface area contributed by atoms with Gasteiger partial charge in [0.2, 0.25) is 0 Å². The maximum absolute atomic E-state index is 5.98. The summed E-state index contributed by atoms with van der Waals surface area (Å²) in [5.41, 5.74) is 2.20. The molecule has 0 spiro atoms. The Hall–Kier alpha value is -1.31. The zero-order valence-electron chi connectivity index (χ0n) is 10.8. The van der Waals surface area contributed by atoms with E-state index in [0.29, 0.717) is 6.10 Å². The minimum atomic E-state index is 0.414. The first-order valence-corrected chi connectivity index (χ1v) is 6.60. The Balaban J connectivity index is 2.14. The van der Waals surface area contributed by atoms with Gasteiger partial charge in [-0.05, 0) is 44.2 Å². The summed E-state index contributed by atoms with van der Waals surface area (Å²) < 4.78 is 5.98. The number of rotatable bonds is 5. The van der Waals surface area contributed by atoms with Gasteiger partial charge in [-0.3, -0.25) is 4.99 Å². The lowest BCUT2D eigenvalue weighted by Crippen LogP contribution is -2.24. The molecule has 0 radical (unpaired) electrons. The van der Waals surface area contributed by atoms with Gasteiger partial charge in [0.15, 0.2) is 0 Å². The highest BCUT2D eigenvalue weighted by molar-refractivity contribution is 5.68. The molecule has 0 heterocycles. The SMILES string of the molecule is CCCC=Nc1c(C)cccc1OC1CCC1. The normalized spacial score (nSPS) is 16.1. The van der Waals surface area contributed by atoms with Crippen molar-refractivity contribution in [2.75, 3.05) is 0 Å². The van der Waals surface area contributed by atoms with Crippen molar-refractivity contribution in [3.8, 4) is 5.75 Å². The third-order valence-electron chi connectivity index (χ3n) is 3.18. The van der Waals surface area contributed by atoms with Crippen molar-refractivity contribution in [2.45, 2.75) is 52.1 Å². The number of hydrogen-bond donors (Lipinski definition) is 0. The average Bonchev–Trinajstić information content (AvgIpc) is 2.27. The number of nitrogens with zero attached hydrogens (tertiary/aromatic N) is 1. The topological polar surface area (TPSA) is 21.6 Å². The predicted octanol–water partition coefficient (Wildman–Crippen LogP) is 4.43. The third kappa shape index (κ3) is 3.09. The van der Waals surface area contributed by atoms with Crippen molar-refractivity contribution in [3.63, 3.8) is 0 Å². The number of hydrogen-bond acceptors (Lipinski definition) is 2. The Morgan fingerprint density at radius 1 is 1.41 bits per heavy atom. The molecule has 1 aromatic rings. The van der Waals surface area contributed by atoms with Gasteiger partial charge in [-0.1, -0.05) is 25.5 Å². The number of unbranched alkanes of at least 4 members (excludes halogenated alkanes) is 1. The smallest absolute Gasteiger partial charge is 0.145 e. The van der Waals surface area contributed by atoms with E-state index in [1.807, 2.05) is 18.3 Å². The summed E-state index contributed by atoms with van der Waals surface area (Å²) in [7, 11) is 0. The second-order valence-electron chi connectivity index (χ2n) is 4.69. The standard InChI is InChI=1S/C15H21NO/c1-3-4-11-16-15-12(2)7-5-10-14(15)17-13-8-6-9-13/h5,7,10-11,13H,3-4,6,8-9H2,1-2H3. The number of benzene rings is 1. The monoisotopic (exact) mass is 231 g/mol. The van der Waals surface area contributed by atoms with Crippen LogP contribution >= 0.6 is 0 Å². The molecule has 1 aliphatic carbocycles. The van der Waals surface area contributed by atoms with Crippen molar-refractivity contribution >= 4 is 11.9 Å². The molecule has 0 atom stereocenters. The molecule has 2 heteroatoms. The molecule has 0 bridgehead atoms. The molecule has 17 heavy (non-hydrogen) atoms. The molecule has 0 amide bonds. The molecule has 2 rings (SSSR count). The summed E-state index contributed by atoms with van der Waals surface area (Å²) in [6.45, 7) is 4.25. The quantitative estimate of drug-likeness (QED) is 0.687. The first kappa shape index (κ1) is 12.2. The van der Waals surface area contributed by atoms with Crippen molar-refractivity contribution in [3.05, 3.63) is 23.8 Å². The fraction of sp³-hybridized carbons (Fsp3) is 0.533. The Labute approximate surface area is 104 Å². The summed E-state index contributed by atoms with van der Waals surface area (Å²) in [5.74, 6) is 0.946. The highest BCUT2D eigenvalue weighted by Crippen LogP contribution is 2.34. The molecule has 0 N–H and O–H groups in total. The molecule has 2 nitrogen and oxygen atoms in total. The minimum absolute atomic E-state index is 0.414. The second kappa shape index (κ2) is 5.85. The number of aliphatic imine (C=N–C) groups is 1. The van der Waals surface area contributed by atoms with Gasteiger partial charge < -0.3 is 4.74 Å². The first-order chi connectivity index (χ1) is 8.31. The largest absolute Gasteiger partial charge is 0.488 e. The van der Waals surface area contributed by atoms with Crippen LogP contribution in [0.4, 0.5) is 5.69 Å². The molecule has 1 aliphatic rings. The Bertz CT molecular complexity index is 394. The lowest BCUT2D eigenvalue weighted by Gasteiger charge is -2.27. The van der Waals surface area contributed by atoms with Gasteiger partial charge in [-0.25, -0.2) is 0 Å². The summed E-state index contributed by atoms with van der Waals surface area (Å²) in [5, 5.41) is 0. The van der Waals surface area contributed by atoms with Crippen LogP contribution < -0.4 is 4.74 Å². The van der Waals surface area contributed by atoms with Crippen LogP contribution in [0.3, 0.4) is 0 Å². The number of aryl methyl sites for hydroxylation is 1. The van der Waals surface area contributed by atoms with E-state index in [0.717, 1.165) is 24.3 Å². The highest BCUT2D eigenvalue weighted by Gasteiger charge is 2.20. The first-order valence-electron chi connectivity index (χ1n) is 6.60. The molecule has 0 unspecified atom stereocenters. The van der Waals surface area contributed by atoms with Crippen molar-refractivity contribution in [2.24, 2.45) is 4.99 Å². The lowest BCUT2D eigenvalue weighted by atomic mass is 9.96. The van der Waals surface area contributed by atoms with E-state index in [4.69, 9.17) is 4.74 Å². The Morgan fingerprint density at radius 2 is 2.24 bits per heavy atom. The summed E-state index contributed by atoms with van der Waals surface area (Å²) in [6, 6.07) is 6.17. The molecular formula is C15H21NO. The van der Waals surface area contributed by atoms with Crippen LogP contribution in [0.25, 0.3) is 0 Å². The third-order valence-corrected chi connectivity index (χ3v) is 3.18. The molecule has 92 valence electrons. The Kier molecular flexibility index (Phi) is 4.18. The van der Waals surface area contributed by atoms with Gasteiger partial charge in [0.1, 0.15) is 11.4 Å². The van der Waals surface area contributed by atoms with Crippen molar-refractivity contribution in [1.29, 1.82) is 0 Å². The van der Waals surface area contributed by atoms with Gasteiger partial charge in [0.25, 0.3) is 0 Å². The van der Waals surface area contributed by atoms with E-state index in [2.05, 4.69) is 24.9 Å². The van der Waals surface area contributed by atoms with Crippen molar-refractivity contribution < 1.29 is 4.74 Å². The van der Waals surface area contributed by atoms with E-state index in [1.54, 1.807) is 0 Å². The number of ether oxygens (including phenoxy) is 1. The van der Waals surface area contributed by atoms with E-state index >= 15 is 0 Å². The van der Waals surface area contributed by atoms with Gasteiger partial charge in [0.05, 0.1) is 6.10 Å². The highest BCUT2D eigenvalue weighted by atomic mass is 16.5. The van der Waals surface area contributed by atoms with Crippen LogP contribution in [0.15, 0.2) is 23.2 Å². The summed E-state index contributed by atoms with van der Waals surface area (Å²) in [6.07, 6.45) is 8.24. The molecule has 1 aromatic carbocycles. The van der Waals surface area contributed by atoms with Crippen molar-refractivity contribution in [1.82, 2.24) is 0 Å². The zero-order chi connectivity index (χ0) is 12.1. The second-order valence-corrected chi connectivity index (χ2v) is 4.69. The average molecular weight is 231 g/mol. The molecular weight excluding hydrogens is 210 g/mol. The van der Waals surface area contributed by atoms with Crippen LogP contribution in [0.5, 0.6) is 5.75 Å². The Morgan fingerprint density at radius 3 is 2.88 bits per heavy atom. The van der Waals surface area contributed by atoms with E-state index in [-0.39, 0.29) is 0 Å². The van der Waals surface area contributed by atoms with E-state index in [9.17, 15) is 0 Å². The number of para-hydroxylation sites is 1. The molecule has 1 saturated carbocycles. The van der Waals surface area contributed by atoms with E-state index in [1.165, 1.54) is 24.8 Å². The van der Waals surface area contributed by atoms with Gasteiger partial charge >= 0.3 is 0 Å². The summed E-state index contributed by atoms with van der Waals surface area (Å²) >= 11 is 0. The van der Waals surface area contributed by atoms with Crippen LogP contribution in [-0.2, 0) is 0 Å². The fourth-order valence-corrected chi connectivity index (χ4v) is 1.85. The molecule has 0 aromatic heterocycles. The predicted molar refractivity (Wildman–Crippen MR) is 72.5 cm³/mol.